The van der Waals surface area contributed by atoms with E-state index in [2.05, 4.69) is 32.0 Å². The predicted octanol–water partition coefficient (Wildman–Crippen LogP) is 4.34. The minimum atomic E-state index is -3.73. The number of hydrogen-bond acceptors (Lipinski definition) is 9. The summed E-state index contributed by atoms with van der Waals surface area (Å²) in [7, 11) is 0.388. The van der Waals surface area contributed by atoms with Gasteiger partial charge < -0.3 is 20.0 Å². The molecule has 1 unspecified atom stereocenters. The third kappa shape index (κ3) is 6.84. The molecule has 3 aromatic rings. The Hall–Kier alpha value is -2.35. The van der Waals surface area contributed by atoms with E-state index in [9.17, 15) is 13.2 Å². The molecule has 1 N–H and O–H groups in total. The summed E-state index contributed by atoms with van der Waals surface area (Å²) in [5.41, 5.74) is 1.48. The number of thiazole rings is 1. The van der Waals surface area contributed by atoms with Gasteiger partial charge in [0.15, 0.2) is 5.13 Å². The summed E-state index contributed by atoms with van der Waals surface area (Å²) in [4.78, 5) is 30.9. The fourth-order valence-electron chi connectivity index (χ4n) is 6.35. The van der Waals surface area contributed by atoms with Crippen molar-refractivity contribution in [1.82, 2.24) is 24.1 Å². The van der Waals surface area contributed by atoms with Gasteiger partial charge >= 0.3 is 0 Å². The Labute approximate surface area is 263 Å². The first kappa shape index (κ1) is 30.7. The molecule has 10 nitrogen and oxygen atoms in total. The number of nitrogens with one attached hydrogen (secondary N) is 1. The molecule has 3 fully saturated rings. The van der Waals surface area contributed by atoms with E-state index in [0.29, 0.717) is 43.6 Å². The molecule has 6 rings (SSSR count). The van der Waals surface area contributed by atoms with Crippen LogP contribution in [0.25, 0.3) is 10.3 Å². The van der Waals surface area contributed by atoms with Crippen molar-refractivity contribution in [3.63, 3.8) is 0 Å². The van der Waals surface area contributed by atoms with Gasteiger partial charge in [-0.25, -0.2) is 18.4 Å². The fraction of sp³-hybridized carbons (Fsp3) is 0.567. The number of likely N-dealkylation sites (N-methyl/N-ethyl adjacent to an activating group) is 2. The van der Waals surface area contributed by atoms with Gasteiger partial charge in [0, 0.05) is 52.4 Å². The average molecular weight is 646 g/mol. The van der Waals surface area contributed by atoms with Crippen LogP contribution in [0.5, 0.6) is 0 Å². The Balaban J connectivity index is 1.22. The standard InChI is InChI=1S/C30H40ClN7O3S2/c1-35-11-15-37(16-12-35)27-10-8-25-29(33-27)42-30(32-25)34-28(39)23(19-21-5-3-4-6-21)22-7-9-26(24(31)20-22)43(40,41)38-17-13-36(2)14-18-38/h7-10,20-21,23H,3-6,11-19H2,1-2H3,(H,32,34,39). The van der Waals surface area contributed by atoms with Gasteiger partial charge in [0.25, 0.3) is 0 Å². The zero-order chi connectivity index (χ0) is 30.1. The molecule has 2 aliphatic heterocycles. The van der Waals surface area contributed by atoms with Crippen LogP contribution >= 0.6 is 22.9 Å². The van der Waals surface area contributed by atoms with Crippen LogP contribution < -0.4 is 10.2 Å². The number of sulfonamides is 1. The monoisotopic (exact) mass is 645 g/mol. The largest absolute Gasteiger partial charge is 0.354 e. The quantitative estimate of drug-likeness (QED) is 0.386. The Kier molecular flexibility index (Phi) is 9.23. The second-order valence-electron chi connectivity index (χ2n) is 12.1. The summed E-state index contributed by atoms with van der Waals surface area (Å²) in [6.45, 7) is 6.07. The van der Waals surface area contributed by atoms with Crippen molar-refractivity contribution in [2.24, 2.45) is 5.92 Å². The number of aromatic nitrogens is 2. The maximum Gasteiger partial charge on any atom is 0.244 e. The van der Waals surface area contributed by atoms with Gasteiger partial charge in [-0.05, 0) is 56.3 Å². The van der Waals surface area contributed by atoms with Gasteiger partial charge in [0.1, 0.15) is 21.1 Å². The van der Waals surface area contributed by atoms with Gasteiger partial charge in [-0.15, -0.1) is 0 Å². The summed E-state index contributed by atoms with van der Waals surface area (Å²) in [6.07, 6.45) is 5.20. The summed E-state index contributed by atoms with van der Waals surface area (Å²) in [6, 6.07) is 8.98. The number of carbonyl (C=O) groups excluding carboxylic acids is 1. The normalized spacial score (nSPS) is 20.6. The predicted molar refractivity (Wildman–Crippen MR) is 173 cm³/mol. The Morgan fingerprint density at radius 1 is 0.977 bits per heavy atom. The van der Waals surface area contributed by atoms with Crippen LogP contribution in [0.2, 0.25) is 5.02 Å². The highest BCUT2D eigenvalue weighted by Crippen LogP contribution is 2.37. The summed E-state index contributed by atoms with van der Waals surface area (Å²) >= 11 is 8.03. The third-order valence-electron chi connectivity index (χ3n) is 9.10. The number of piperazine rings is 2. The number of hydrogen-bond donors (Lipinski definition) is 1. The number of anilines is 2. The molecule has 1 aliphatic carbocycles. The van der Waals surface area contributed by atoms with Gasteiger partial charge in [0.05, 0.1) is 10.9 Å². The maximum absolute atomic E-state index is 13.8. The fourth-order valence-corrected chi connectivity index (χ4v) is 9.13. The molecule has 0 bridgehead atoms. The lowest BCUT2D eigenvalue weighted by Gasteiger charge is -2.33. The first-order valence-corrected chi connectivity index (χ1v) is 17.8. The Morgan fingerprint density at radius 3 is 2.33 bits per heavy atom. The van der Waals surface area contributed by atoms with Crippen LogP contribution in [0.15, 0.2) is 35.2 Å². The van der Waals surface area contributed by atoms with Crippen LogP contribution in [-0.2, 0) is 14.8 Å². The number of benzene rings is 1. The van der Waals surface area contributed by atoms with Crippen molar-refractivity contribution < 1.29 is 13.2 Å². The van der Waals surface area contributed by atoms with Crippen LogP contribution in [0.3, 0.4) is 0 Å². The molecule has 13 heteroatoms. The van der Waals surface area contributed by atoms with E-state index in [1.165, 1.54) is 28.5 Å². The van der Waals surface area contributed by atoms with Crippen molar-refractivity contribution >= 4 is 60.2 Å². The first-order chi connectivity index (χ1) is 20.7. The molecule has 1 atom stereocenters. The zero-order valence-electron chi connectivity index (χ0n) is 24.8. The molecule has 1 aromatic carbocycles. The molecule has 2 aromatic heterocycles. The lowest BCUT2D eigenvalue weighted by atomic mass is 9.87. The number of pyridine rings is 1. The van der Waals surface area contributed by atoms with Gasteiger partial charge in [-0.3, -0.25) is 4.79 Å². The highest BCUT2D eigenvalue weighted by molar-refractivity contribution is 7.89. The minimum Gasteiger partial charge on any atom is -0.354 e. The van der Waals surface area contributed by atoms with Crippen LogP contribution in [0.4, 0.5) is 10.9 Å². The second kappa shape index (κ2) is 12.9. The summed E-state index contributed by atoms with van der Waals surface area (Å²) < 4.78 is 28.3. The topological polar surface area (TPSA) is 102 Å². The highest BCUT2D eigenvalue weighted by atomic mass is 35.5. The van der Waals surface area contributed by atoms with Gasteiger partial charge in [0.2, 0.25) is 15.9 Å². The molecule has 232 valence electrons. The van der Waals surface area contributed by atoms with E-state index in [1.807, 2.05) is 19.2 Å². The van der Waals surface area contributed by atoms with E-state index in [0.717, 1.165) is 60.7 Å². The second-order valence-corrected chi connectivity index (χ2v) is 15.4. The van der Waals surface area contributed by atoms with Gasteiger partial charge in [-0.1, -0.05) is 54.7 Å². The average Bonchev–Trinajstić information content (AvgIpc) is 3.65. The molecule has 0 radical (unpaired) electrons. The molecule has 1 saturated carbocycles. The van der Waals surface area contributed by atoms with Crippen molar-refractivity contribution in [3.05, 3.63) is 40.9 Å². The number of amides is 1. The molecule has 4 heterocycles. The smallest absolute Gasteiger partial charge is 0.244 e. The van der Waals surface area contributed by atoms with E-state index in [1.54, 1.807) is 18.2 Å². The Morgan fingerprint density at radius 2 is 1.65 bits per heavy atom. The summed E-state index contributed by atoms with van der Waals surface area (Å²) in [5, 5.41) is 3.73. The number of carbonyl (C=O) groups is 1. The van der Waals surface area contributed by atoms with Crippen molar-refractivity contribution in [1.29, 1.82) is 0 Å². The molecule has 0 spiro atoms. The zero-order valence-corrected chi connectivity index (χ0v) is 27.2. The first-order valence-electron chi connectivity index (χ1n) is 15.2. The summed E-state index contributed by atoms with van der Waals surface area (Å²) in [5.74, 6) is 0.742. The lowest BCUT2D eigenvalue weighted by molar-refractivity contribution is -0.118. The van der Waals surface area contributed by atoms with Gasteiger partial charge in [-0.2, -0.15) is 4.31 Å². The minimum absolute atomic E-state index is 0.0934. The molecular formula is C30H40ClN7O3S2. The van der Waals surface area contributed by atoms with Crippen LogP contribution in [0, 0.1) is 5.92 Å². The SMILES string of the molecule is CN1CCN(c2ccc3nc(NC(=O)C(CC4CCCC4)c4ccc(S(=O)(=O)N5CCN(C)CC5)c(Cl)c4)sc3n2)CC1. The Bertz CT molecular complexity index is 1560. The van der Waals surface area contributed by atoms with E-state index < -0.39 is 15.9 Å². The molecule has 1 amide bonds. The molecule has 2 saturated heterocycles. The number of rotatable bonds is 8. The van der Waals surface area contributed by atoms with Crippen LogP contribution in [-0.4, -0.2) is 105 Å². The van der Waals surface area contributed by atoms with Crippen molar-refractivity contribution in [2.45, 2.75) is 42.9 Å². The lowest BCUT2D eigenvalue weighted by Crippen LogP contribution is -2.47. The number of nitrogens with zero attached hydrogens (tertiary/aromatic N) is 6. The molecule has 43 heavy (non-hydrogen) atoms. The third-order valence-corrected chi connectivity index (χ3v) is 12.4. The van der Waals surface area contributed by atoms with Crippen molar-refractivity contribution in [2.75, 3.05) is 76.7 Å². The number of halogens is 1. The van der Waals surface area contributed by atoms with E-state index >= 15 is 0 Å². The molecular weight excluding hydrogens is 606 g/mol. The molecule has 3 aliphatic rings. The number of fused-ring (bicyclic) bond motifs is 1. The highest BCUT2D eigenvalue weighted by Gasteiger charge is 2.32. The van der Waals surface area contributed by atoms with E-state index in [4.69, 9.17) is 16.6 Å². The van der Waals surface area contributed by atoms with Crippen molar-refractivity contribution in [3.8, 4) is 0 Å². The van der Waals surface area contributed by atoms with Crippen LogP contribution in [0.1, 0.15) is 43.6 Å². The maximum atomic E-state index is 13.8. The van der Waals surface area contributed by atoms with E-state index in [-0.39, 0.29) is 15.8 Å².